The lowest BCUT2D eigenvalue weighted by atomic mass is 9.93. The van der Waals surface area contributed by atoms with Crippen molar-refractivity contribution in [2.45, 2.75) is 11.8 Å². The number of carboxylic acids is 1. The number of carbonyl (C=O) groups is 1. The molecular formula is C25H23NO4S. The minimum Gasteiger partial charge on any atom is -0.478 e. The molecule has 1 heterocycles. The van der Waals surface area contributed by atoms with E-state index in [0.717, 1.165) is 5.57 Å². The van der Waals surface area contributed by atoms with Gasteiger partial charge in [-0.1, -0.05) is 72.8 Å². The van der Waals surface area contributed by atoms with Gasteiger partial charge in [0.05, 0.1) is 17.4 Å². The van der Waals surface area contributed by atoms with Gasteiger partial charge in [0.25, 0.3) is 0 Å². The van der Waals surface area contributed by atoms with E-state index >= 15 is 0 Å². The first kappa shape index (κ1) is 21.0. The number of rotatable bonds is 7. The molecule has 1 saturated heterocycles. The molecule has 0 aliphatic carbocycles. The minimum absolute atomic E-state index is 0.0644. The topological polar surface area (TPSA) is 74.7 Å². The second kappa shape index (κ2) is 8.88. The van der Waals surface area contributed by atoms with Crippen LogP contribution in [0.15, 0.2) is 95.9 Å². The van der Waals surface area contributed by atoms with Crippen molar-refractivity contribution in [3.05, 3.63) is 118 Å². The number of sulfone groups is 1. The Kier molecular flexibility index (Phi) is 6.02. The third-order valence-corrected chi connectivity index (χ3v) is 6.72. The maximum atomic E-state index is 12.7. The Labute approximate surface area is 182 Å². The molecule has 1 fully saturated rings. The van der Waals surface area contributed by atoms with Crippen LogP contribution in [0.25, 0.3) is 0 Å². The van der Waals surface area contributed by atoms with Gasteiger partial charge < -0.3 is 5.11 Å². The third kappa shape index (κ3) is 5.10. The van der Waals surface area contributed by atoms with E-state index in [1.807, 2.05) is 36.4 Å². The standard InChI is InChI=1S/C25H23NO4S/c27-25(28)23-13-7-8-19(14-23)17-31(29,30)18-20-15-26(16-20)24(21-9-3-1-4-10-21)22-11-5-2-6-12-22/h1-14,18,24H,15-17H2,(H,27,28). The Bertz CT molecular complexity index is 1160. The summed E-state index contributed by atoms with van der Waals surface area (Å²) in [5.74, 6) is -1.28. The number of hydrogen-bond donors (Lipinski definition) is 1. The Morgan fingerprint density at radius 1 is 0.903 bits per heavy atom. The first-order valence-corrected chi connectivity index (χ1v) is 11.7. The summed E-state index contributed by atoms with van der Waals surface area (Å²) in [6.45, 7) is 1.14. The number of nitrogens with zero attached hydrogens (tertiary/aromatic N) is 1. The average molecular weight is 434 g/mol. The number of carboxylic acid groups (broad SMARTS) is 1. The second-order valence-electron chi connectivity index (χ2n) is 7.72. The minimum atomic E-state index is -3.50. The molecule has 0 unspecified atom stereocenters. The second-order valence-corrected chi connectivity index (χ2v) is 9.57. The molecule has 5 nitrogen and oxygen atoms in total. The van der Waals surface area contributed by atoms with Crippen molar-refractivity contribution in [1.29, 1.82) is 0 Å². The average Bonchev–Trinajstić information content (AvgIpc) is 2.73. The van der Waals surface area contributed by atoms with E-state index in [1.54, 1.807) is 12.1 Å². The van der Waals surface area contributed by atoms with Crippen LogP contribution in [0.1, 0.15) is 33.1 Å². The molecule has 0 amide bonds. The van der Waals surface area contributed by atoms with Crippen molar-refractivity contribution < 1.29 is 18.3 Å². The Balaban J connectivity index is 1.50. The molecule has 1 aliphatic rings. The maximum absolute atomic E-state index is 12.7. The molecule has 31 heavy (non-hydrogen) atoms. The third-order valence-electron chi connectivity index (χ3n) is 5.30. The van der Waals surface area contributed by atoms with Crippen LogP contribution in [0, 0.1) is 0 Å². The highest BCUT2D eigenvalue weighted by atomic mass is 32.2. The lowest BCUT2D eigenvalue weighted by Gasteiger charge is -2.41. The summed E-state index contributed by atoms with van der Waals surface area (Å²) in [6.07, 6.45) is 0. The van der Waals surface area contributed by atoms with Crippen molar-refractivity contribution in [3.8, 4) is 0 Å². The maximum Gasteiger partial charge on any atom is 0.335 e. The molecule has 0 radical (unpaired) electrons. The van der Waals surface area contributed by atoms with Gasteiger partial charge in [0.2, 0.25) is 0 Å². The molecule has 3 aromatic rings. The highest BCUT2D eigenvalue weighted by molar-refractivity contribution is 7.93. The van der Waals surface area contributed by atoms with Crippen molar-refractivity contribution in [3.63, 3.8) is 0 Å². The summed E-state index contributed by atoms with van der Waals surface area (Å²) < 4.78 is 25.3. The molecule has 0 bridgehead atoms. The monoisotopic (exact) mass is 433 g/mol. The van der Waals surface area contributed by atoms with E-state index < -0.39 is 15.8 Å². The first-order valence-electron chi connectivity index (χ1n) is 10.00. The van der Waals surface area contributed by atoms with Gasteiger partial charge in [-0.25, -0.2) is 13.2 Å². The van der Waals surface area contributed by atoms with E-state index in [9.17, 15) is 13.2 Å². The van der Waals surface area contributed by atoms with Gasteiger partial charge in [-0.15, -0.1) is 0 Å². The molecule has 1 aliphatic heterocycles. The molecule has 158 valence electrons. The van der Waals surface area contributed by atoms with Gasteiger partial charge >= 0.3 is 5.97 Å². The Morgan fingerprint density at radius 2 is 1.48 bits per heavy atom. The van der Waals surface area contributed by atoms with Crippen molar-refractivity contribution in [1.82, 2.24) is 4.90 Å². The zero-order valence-corrected chi connectivity index (χ0v) is 17.7. The lowest BCUT2D eigenvalue weighted by molar-refractivity contribution is 0.0696. The van der Waals surface area contributed by atoms with Crippen LogP contribution >= 0.6 is 0 Å². The van der Waals surface area contributed by atoms with Gasteiger partial charge in [-0.3, -0.25) is 4.90 Å². The number of hydrogen-bond acceptors (Lipinski definition) is 4. The highest BCUT2D eigenvalue weighted by Gasteiger charge is 2.31. The summed E-state index contributed by atoms with van der Waals surface area (Å²) in [7, 11) is -3.50. The van der Waals surface area contributed by atoms with E-state index in [0.29, 0.717) is 18.7 Å². The molecule has 0 saturated carbocycles. The highest BCUT2D eigenvalue weighted by Crippen LogP contribution is 2.34. The molecule has 0 aromatic heterocycles. The molecule has 3 aromatic carbocycles. The zero-order chi connectivity index (χ0) is 21.8. The molecule has 1 N–H and O–H groups in total. The fourth-order valence-corrected chi connectivity index (χ4v) is 5.32. The van der Waals surface area contributed by atoms with Gasteiger partial charge in [0.15, 0.2) is 9.84 Å². The summed E-state index contributed by atoms with van der Waals surface area (Å²) in [4.78, 5) is 13.4. The van der Waals surface area contributed by atoms with E-state index in [4.69, 9.17) is 5.11 Å². The van der Waals surface area contributed by atoms with E-state index in [2.05, 4.69) is 29.2 Å². The van der Waals surface area contributed by atoms with Crippen LogP contribution in [0.2, 0.25) is 0 Å². The summed E-state index contributed by atoms with van der Waals surface area (Å²) in [5.41, 5.74) is 3.75. The van der Waals surface area contributed by atoms with Crippen LogP contribution in [0.4, 0.5) is 0 Å². The number of likely N-dealkylation sites (tertiary alicyclic amines) is 1. The zero-order valence-electron chi connectivity index (χ0n) is 16.9. The lowest BCUT2D eigenvalue weighted by Crippen LogP contribution is -2.43. The number of benzene rings is 3. The predicted octanol–water partition coefficient (Wildman–Crippen LogP) is 4.29. The van der Waals surface area contributed by atoms with Crippen LogP contribution < -0.4 is 0 Å². The summed E-state index contributed by atoms with van der Waals surface area (Å²) in [5, 5.41) is 10.5. The van der Waals surface area contributed by atoms with Gasteiger partial charge in [-0.05, 0) is 34.4 Å². The Hall–Kier alpha value is -3.22. The normalized spacial score (nSPS) is 14.3. The quantitative estimate of drug-likeness (QED) is 0.602. The predicted molar refractivity (Wildman–Crippen MR) is 120 cm³/mol. The molecule has 4 rings (SSSR count). The summed E-state index contributed by atoms with van der Waals surface area (Å²) >= 11 is 0. The first-order chi connectivity index (χ1) is 14.9. The van der Waals surface area contributed by atoms with Crippen LogP contribution in [-0.4, -0.2) is 37.5 Å². The van der Waals surface area contributed by atoms with Gasteiger partial charge in [0, 0.05) is 18.5 Å². The smallest absolute Gasteiger partial charge is 0.335 e. The fraction of sp³-hybridized carbons (Fsp3) is 0.160. The van der Waals surface area contributed by atoms with E-state index in [1.165, 1.54) is 28.7 Å². The van der Waals surface area contributed by atoms with Crippen molar-refractivity contribution in [2.24, 2.45) is 0 Å². The molecule has 6 heteroatoms. The van der Waals surface area contributed by atoms with Crippen LogP contribution in [-0.2, 0) is 15.6 Å². The molecule has 0 atom stereocenters. The van der Waals surface area contributed by atoms with Crippen molar-refractivity contribution >= 4 is 15.8 Å². The summed E-state index contributed by atoms with van der Waals surface area (Å²) in [6, 6.07) is 26.5. The van der Waals surface area contributed by atoms with Gasteiger partial charge in [-0.2, -0.15) is 0 Å². The van der Waals surface area contributed by atoms with Crippen LogP contribution in [0.3, 0.4) is 0 Å². The van der Waals surface area contributed by atoms with Crippen molar-refractivity contribution in [2.75, 3.05) is 13.1 Å². The SMILES string of the molecule is O=C(O)c1cccc(CS(=O)(=O)C=C2CN(C(c3ccccc3)c3ccccc3)C2)c1. The van der Waals surface area contributed by atoms with E-state index in [-0.39, 0.29) is 17.4 Å². The molecule has 0 spiro atoms. The molecular weight excluding hydrogens is 410 g/mol. The number of aromatic carboxylic acids is 1. The largest absolute Gasteiger partial charge is 0.478 e. The fourth-order valence-electron chi connectivity index (χ4n) is 3.94. The Morgan fingerprint density at radius 3 is 2.03 bits per heavy atom. The van der Waals surface area contributed by atoms with Crippen LogP contribution in [0.5, 0.6) is 0 Å². The van der Waals surface area contributed by atoms with Gasteiger partial charge in [0.1, 0.15) is 0 Å².